The Balaban J connectivity index is 2.98. The van der Waals surface area contributed by atoms with E-state index in [4.69, 9.17) is 10.6 Å². The second-order valence-electron chi connectivity index (χ2n) is 3.91. The molecule has 1 aromatic carbocycles. The molecule has 0 aromatic heterocycles. The van der Waals surface area contributed by atoms with Crippen molar-refractivity contribution < 1.29 is 4.74 Å². The zero-order valence-electron chi connectivity index (χ0n) is 10.3. The molecular formula is C13H19BrN2O. The molecule has 3 nitrogen and oxygen atoms in total. The number of benzene rings is 1. The van der Waals surface area contributed by atoms with Gasteiger partial charge in [-0.05, 0) is 25.0 Å². The van der Waals surface area contributed by atoms with Crippen molar-refractivity contribution in [3.8, 4) is 5.75 Å². The van der Waals surface area contributed by atoms with E-state index < -0.39 is 0 Å². The number of hydrogen-bond acceptors (Lipinski definition) is 3. The van der Waals surface area contributed by atoms with Gasteiger partial charge in [0.1, 0.15) is 5.75 Å². The normalized spacial score (nSPS) is 12.2. The van der Waals surface area contributed by atoms with E-state index in [1.165, 1.54) is 0 Å². The molecule has 0 spiro atoms. The molecule has 1 aromatic rings. The number of rotatable bonds is 6. The molecule has 0 bridgehead atoms. The van der Waals surface area contributed by atoms with Gasteiger partial charge < -0.3 is 4.74 Å². The topological polar surface area (TPSA) is 47.3 Å². The Labute approximate surface area is 111 Å². The molecular weight excluding hydrogens is 280 g/mol. The molecule has 1 unspecified atom stereocenters. The molecule has 0 radical (unpaired) electrons. The molecule has 1 rings (SSSR count). The Hall–Kier alpha value is -0.840. The van der Waals surface area contributed by atoms with Crippen LogP contribution in [-0.4, -0.2) is 7.11 Å². The highest BCUT2D eigenvalue weighted by Crippen LogP contribution is 2.31. The van der Waals surface area contributed by atoms with Crippen LogP contribution in [0.2, 0.25) is 0 Å². The smallest absolute Gasteiger partial charge is 0.124 e. The number of halogens is 1. The van der Waals surface area contributed by atoms with Gasteiger partial charge in [0.25, 0.3) is 0 Å². The zero-order chi connectivity index (χ0) is 12.8. The first-order valence-corrected chi connectivity index (χ1v) is 6.37. The number of nitrogens with one attached hydrogen (secondary N) is 1. The molecule has 1 atom stereocenters. The maximum atomic E-state index is 5.61. The lowest BCUT2D eigenvalue weighted by molar-refractivity contribution is 0.398. The predicted octanol–water partition coefficient (Wildman–Crippen LogP) is 3.32. The number of methoxy groups -OCH3 is 1. The third-order valence-electron chi connectivity index (χ3n) is 2.76. The van der Waals surface area contributed by atoms with E-state index in [1.807, 2.05) is 18.2 Å². The Morgan fingerprint density at radius 2 is 2.29 bits per heavy atom. The van der Waals surface area contributed by atoms with Crippen molar-refractivity contribution in [2.24, 2.45) is 5.84 Å². The number of hydrogen-bond donors (Lipinski definition) is 2. The highest BCUT2D eigenvalue weighted by Gasteiger charge is 2.15. The molecule has 3 N–H and O–H groups in total. The average Bonchev–Trinajstić information content (AvgIpc) is 2.35. The highest BCUT2D eigenvalue weighted by molar-refractivity contribution is 9.10. The molecule has 0 fully saturated rings. The molecule has 0 saturated carbocycles. The lowest BCUT2D eigenvalue weighted by Gasteiger charge is -2.20. The van der Waals surface area contributed by atoms with Gasteiger partial charge in [-0.25, -0.2) is 0 Å². The lowest BCUT2D eigenvalue weighted by Crippen LogP contribution is -2.28. The Kier molecular flexibility index (Phi) is 5.68. The SMILES string of the molecule is C=C(CC)CC(NN)c1ccc(Br)cc1OC. The monoisotopic (exact) mass is 298 g/mol. The van der Waals surface area contributed by atoms with Crippen LogP contribution in [0.3, 0.4) is 0 Å². The van der Waals surface area contributed by atoms with E-state index >= 15 is 0 Å². The number of hydrazine groups is 1. The Bertz CT molecular complexity index is 393. The summed E-state index contributed by atoms with van der Waals surface area (Å²) in [6.07, 6.45) is 1.77. The van der Waals surface area contributed by atoms with Gasteiger partial charge in [-0.3, -0.25) is 11.3 Å². The van der Waals surface area contributed by atoms with Crippen LogP contribution in [0.5, 0.6) is 5.75 Å². The molecule has 0 aliphatic carbocycles. The first kappa shape index (κ1) is 14.2. The van der Waals surface area contributed by atoms with E-state index in [1.54, 1.807) is 7.11 Å². The largest absolute Gasteiger partial charge is 0.496 e. The zero-order valence-corrected chi connectivity index (χ0v) is 11.9. The second-order valence-corrected chi connectivity index (χ2v) is 4.83. The van der Waals surface area contributed by atoms with Gasteiger partial charge in [-0.1, -0.05) is 41.1 Å². The minimum Gasteiger partial charge on any atom is -0.496 e. The first-order valence-electron chi connectivity index (χ1n) is 5.58. The molecule has 0 heterocycles. The molecule has 17 heavy (non-hydrogen) atoms. The van der Waals surface area contributed by atoms with E-state index in [9.17, 15) is 0 Å². The van der Waals surface area contributed by atoms with Crippen LogP contribution >= 0.6 is 15.9 Å². The van der Waals surface area contributed by atoms with E-state index in [-0.39, 0.29) is 6.04 Å². The van der Waals surface area contributed by atoms with Crippen LogP contribution in [0.25, 0.3) is 0 Å². The van der Waals surface area contributed by atoms with Gasteiger partial charge in [-0.15, -0.1) is 0 Å². The summed E-state index contributed by atoms with van der Waals surface area (Å²) < 4.78 is 6.36. The van der Waals surface area contributed by atoms with E-state index in [0.717, 1.165) is 34.2 Å². The van der Waals surface area contributed by atoms with Gasteiger partial charge in [0.15, 0.2) is 0 Å². The van der Waals surface area contributed by atoms with Crippen molar-refractivity contribution in [3.63, 3.8) is 0 Å². The van der Waals surface area contributed by atoms with Gasteiger partial charge in [0.2, 0.25) is 0 Å². The fourth-order valence-corrected chi connectivity index (χ4v) is 2.00. The summed E-state index contributed by atoms with van der Waals surface area (Å²) in [6.45, 7) is 6.11. The molecule has 4 heteroatoms. The minimum atomic E-state index is 0.0329. The fraction of sp³-hybridized carbons (Fsp3) is 0.385. The first-order chi connectivity index (χ1) is 8.12. The van der Waals surface area contributed by atoms with Gasteiger partial charge in [0, 0.05) is 10.0 Å². The van der Waals surface area contributed by atoms with E-state index in [2.05, 4.69) is 34.9 Å². The second kappa shape index (κ2) is 6.79. The van der Waals surface area contributed by atoms with Crippen molar-refractivity contribution >= 4 is 15.9 Å². The summed E-state index contributed by atoms with van der Waals surface area (Å²) >= 11 is 3.42. The summed E-state index contributed by atoms with van der Waals surface area (Å²) in [4.78, 5) is 0. The van der Waals surface area contributed by atoms with Crippen LogP contribution in [0.15, 0.2) is 34.8 Å². The van der Waals surface area contributed by atoms with Crippen molar-refractivity contribution in [3.05, 3.63) is 40.4 Å². The van der Waals surface area contributed by atoms with Crippen LogP contribution in [0.4, 0.5) is 0 Å². The van der Waals surface area contributed by atoms with Crippen LogP contribution in [0, 0.1) is 0 Å². The fourth-order valence-electron chi connectivity index (χ4n) is 1.66. The molecule has 0 saturated heterocycles. The summed E-state index contributed by atoms with van der Waals surface area (Å²) in [7, 11) is 1.66. The Morgan fingerprint density at radius 1 is 1.59 bits per heavy atom. The lowest BCUT2D eigenvalue weighted by atomic mass is 9.98. The van der Waals surface area contributed by atoms with Crippen molar-refractivity contribution in [1.82, 2.24) is 5.43 Å². The summed E-state index contributed by atoms with van der Waals surface area (Å²) in [6, 6.07) is 5.97. The maximum absolute atomic E-state index is 5.61. The third kappa shape index (κ3) is 3.84. The molecule has 0 aliphatic rings. The molecule has 0 amide bonds. The maximum Gasteiger partial charge on any atom is 0.124 e. The van der Waals surface area contributed by atoms with Crippen molar-refractivity contribution in [1.29, 1.82) is 0 Å². The van der Waals surface area contributed by atoms with Gasteiger partial charge >= 0.3 is 0 Å². The highest BCUT2D eigenvalue weighted by atomic mass is 79.9. The predicted molar refractivity (Wildman–Crippen MR) is 74.8 cm³/mol. The van der Waals surface area contributed by atoms with E-state index in [0.29, 0.717) is 0 Å². The van der Waals surface area contributed by atoms with Gasteiger partial charge in [0.05, 0.1) is 13.2 Å². The molecule has 0 aliphatic heterocycles. The summed E-state index contributed by atoms with van der Waals surface area (Å²) in [5.41, 5.74) is 5.04. The standard InChI is InChI=1S/C13H19BrN2O/c1-4-9(2)7-12(16-15)11-6-5-10(14)8-13(11)17-3/h5-6,8,12,16H,2,4,7,15H2,1,3H3. The van der Waals surface area contributed by atoms with Crippen LogP contribution in [0.1, 0.15) is 31.4 Å². The van der Waals surface area contributed by atoms with Crippen molar-refractivity contribution in [2.45, 2.75) is 25.8 Å². The minimum absolute atomic E-state index is 0.0329. The third-order valence-corrected chi connectivity index (χ3v) is 3.26. The number of ether oxygens (including phenoxy) is 1. The number of nitrogens with two attached hydrogens (primary N) is 1. The molecule has 94 valence electrons. The summed E-state index contributed by atoms with van der Waals surface area (Å²) in [5, 5.41) is 0. The van der Waals surface area contributed by atoms with Gasteiger partial charge in [-0.2, -0.15) is 0 Å². The quantitative estimate of drug-likeness (QED) is 0.481. The van der Waals surface area contributed by atoms with Crippen LogP contribution < -0.4 is 16.0 Å². The average molecular weight is 299 g/mol. The van der Waals surface area contributed by atoms with Crippen molar-refractivity contribution in [2.75, 3.05) is 7.11 Å². The Morgan fingerprint density at radius 3 is 2.82 bits per heavy atom. The summed E-state index contributed by atoms with van der Waals surface area (Å²) in [5.74, 6) is 6.44. The van der Waals surface area contributed by atoms with Crippen LogP contribution in [-0.2, 0) is 0 Å².